The summed E-state index contributed by atoms with van der Waals surface area (Å²) in [5, 5.41) is 9.51. The Balaban J connectivity index is 1.46. The lowest BCUT2D eigenvalue weighted by molar-refractivity contribution is -0.125. The average molecular weight is 649 g/mol. The lowest BCUT2D eigenvalue weighted by atomic mass is 9.98. The molecule has 4 aromatic rings. The van der Waals surface area contributed by atoms with Crippen LogP contribution < -0.4 is 26.2 Å². The SMILES string of the molecule is COc1ccc(C(=O)CC(CNC(=O)OC(C)(C)C)C(=O)NNC(=O)c2cc(-c3ccnc(Nc4ccnn4C)n3)cc(F)n2)cn1. The molecular formula is C30H33FN10O6. The van der Waals surface area contributed by atoms with E-state index in [0.29, 0.717) is 11.7 Å². The van der Waals surface area contributed by atoms with Crippen LogP contribution in [-0.4, -0.2) is 72.7 Å². The summed E-state index contributed by atoms with van der Waals surface area (Å²) >= 11 is 0. The van der Waals surface area contributed by atoms with Gasteiger partial charge in [0.1, 0.15) is 17.1 Å². The van der Waals surface area contributed by atoms with Crippen molar-refractivity contribution in [2.75, 3.05) is 19.0 Å². The Bertz CT molecular complexity index is 1760. The highest BCUT2D eigenvalue weighted by atomic mass is 19.1. The molecule has 0 saturated carbocycles. The number of alkyl carbamates (subject to hydrolysis) is 1. The molecule has 0 fully saturated rings. The lowest BCUT2D eigenvalue weighted by Gasteiger charge is -2.21. The van der Waals surface area contributed by atoms with Crippen LogP contribution in [0.2, 0.25) is 0 Å². The molecule has 4 N–H and O–H groups in total. The van der Waals surface area contributed by atoms with Crippen molar-refractivity contribution in [1.82, 2.24) is 45.9 Å². The molecule has 47 heavy (non-hydrogen) atoms. The monoisotopic (exact) mass is 648 g/mol. The fraction of sp³-hybridized carbons (Fsp3) is 0.300. The van der Waals surface area contributed by atoms with E-state index >= 15 is 0 Å². The largest absolute Gasteiger partial charge is 0.481 e. The van der Waals surface area contributed by atoms with Crippen molar-refractivity contribution in [3.05, 3.63) is 72.2 Å². The molecule has 246 valence electrons. The maximum atomic E-state index is 14.6. The third kappa shape index (κ3) is 9.74. The molecule has 4 rings (SSSR count). The number of halogens is 1. The van der Waals surface area contributed by atoms with Crippen molar-refractivity contribution in [3.63, 3.8) is 0 Å². The number of rotatable bonds is 11. The van der Waals surface area contributed by atoms with Gasteiger partial charge >= 0.3 is 6.09 Å². The normalized spacial score (nSPS) is 11.6. The second kappa shape index (κ2) is 14.9. The summed E-state index contributed by atoms with van der Waals surface area (Å²) in [6.45, 7) is 4.70. The van der Waals surface area contributed by atoms with Crippen LogP contribution in [0.25, 0.3) is 11.3 Å². The van der Waals surface area contributed by atoms with E-state index in [9.17, 15) is 23.6 Å². The molecule has 0 aliphatic carbocycles. The molecule has 0 aliphatic rings. The zero-order valence-electron chi connectivity index (χ0n) is 26.2. The van der Waals surface area contributed by atoms with Gasteiger partial charge in [0, 0.05) is 61.7 Å². The first-order valence-electron chi connectivity index (χ1n) is 14.2. The average Bonchev–Trinajstić information content (AvgIpc) is 3.44. The van der Waals surface area contributed by atoms with Crippen LogP contribution in [0.3, 0.4) is 0 Å². The number of anilines is 2. The first-order valence-corrected chi connectivity index (χ1v) is 14.2. The molecule has 1 atom stereocenters. The van der Waals surface area contributed by atoms with E-state index in [2.05, 4.69) is 46.5 Å². The number of nitrogens with zero attached hydrogens (tertiary/aromatic N) is 6. The fourth-order valence-corrected chi connectivity index (χ4v) is 4.02. The minimum atomic E-state index is -1.15. The molecule has 3 amide bonds. The van der Waals surface area contributed by atoms with Crippen LogP contribution in [0.15, 0.2) is 55.0 Å². The summed E-state index contributed by atoms with van der Waals surface area (Å²) in [5.74, 6) is -3.25. The number of hydrogen-bond acceptors (Lipinski definition) is 12. The van der Waals surface area contributed by atoms with Gasteiger partial charge in [-0.1, -0.05) is 0 Å². The number of carbonyl (C=O) groups is 4. The van der Waals surface area contributed by atoms with Crippen molar-refractivity contribution < 1.29 is 33.0 Å². The molecule has 0 aliphatic heterocycles. The summed E-state index contributed by atoms with van der Waals surface area (Å²) in [6.07, 6.45) is 3.16. The third-order valence-corrected chi connectivity index (χ3v) is 6.30. The first kappa shape index (κ1) is 33.9. The van der Waals surface area contributed by atoms with Gasteiger partial charge in [0.05, 0.1) is 24.9 Å². The maximum absolute atomic E-state index is 14.6. The van der Waals surface area contributed by atoms with E-state index in [4.69, 9.17) is 9.47 Å². The minimum absolute atomic E-state index is 0.199. The van der Waals surface area contributed by atoms with Crippen molar-refractivity contribution >= 4 is 35.5 Å². The molecule has 17 heteroatoms. The van der Waals surface area contributed by atoms with Gasteiger partial charge in [-0.25, -0.2) is 24.7 Å². The molecule has 0 aromatic carbocycles. The number of aryl methyl sites for hydroxylation is 1. The van der Waals surface area contributed by atoms with Crippen molar-refractivity contribution in [2.24, 2.45) is 13.0 Å². The molecule has 0 spiro atoms. The van der Waals surface area contributed by atoms with Crippen LogP contribution in [0.1, 0.15) is 48.0 Å². The number of amides is 3. The van der Waals surface area contributed by atoms with E-state index in [-0.39, 0.29) is 41.4 Å². The summed E-state index contributed by atoms with van der Waals surface area (Å²) in [7, 11) is 3.15. The molecule has 4 aromatic heterocycles. The fourth-order valence-electron chi connectivity index (χ4n) is 4.02. The van der Waals surface area contributed by atoms with E-state index in [1.165, 1.54) is 43.8 Å². The predicted molar refractivity (Wildman–Crippen MR) is 165 cm³/mol. The number of hydrogen-bond donors (Lipinski definition) is 4. The summed E-state index contributed by atoms with van der Waals surface area (Å²) in [6, 6.07) is 8.57. The Kier molecular flexibility index (Phi) is 10.7. The number of pyridine rings is 2. The van der Waals surface area contributed by atoms with Gasteiger partial charge in [0.15, 0.2) is 5.78 Å². The standard InChI is InChI=1S/C30H33FN10O6/c1-30(2,3)47-29(45)34-16-19(13-22(42)17-6-7-25(46-5)33-15-17)26(43)39-40-27(44)21-12-18(14-23(31)36-21)20-8-10-32-28(37-20)38-24-9-11-35-41(24)4/h6-12,14-15,19H,13,16H2,1-5H3,(H,34,45)(H,39,43)(H,40,44)(H,32,37,38). The smallest absolute Gasteiger partial charge is 0.407 e. The summed E-state index contributed by atoms with van der Waals surface area (Å²) in [4.78, 5) is 67.5. The van der Waals surface area contributed by atoms with E-state index in [1.54, 1.807) is 44.8 Å². The molecule has 16 nitrogen and oxygen atoms in total. The van der Waals surface area contributed by atoms with Gasteiger partial charge in [0.2, 0.25) is 23.7 Å². The van der Waals surface area contributed by atoms with Crippen LogP contribution in [-0.2, 0) is 16.6 Å². The highest BCUT2D eigenvalue weighted by Gasteiger charge is 2.26. The van der Waals surface area contributed by atoms with Gasteiger partial charge in [-0.3, -0.25) is 29.9 Å². The number of carbonyl (C=O) groups excluding carboxylic acids is 4. The van der Waals surface area contributed by atoms with Gasteiger partial charge in [0.25, 0.3) is 5.91 Å². The van der Waals surface area contributed by atoms with E-state index in [1.807, 2.05) is 0 Å². The first-order chi connectivity index (χ1) is 22.3. The van der Waals surface area contributed by atoms with Crippen LogP contribution >= 0.6 is 0 Å². The van der Waals surface area contributed by atoms with E-state index < -0.39 is 41.2 Å². The third-order valence-electron chi connectivity index (χ3n) is 6.30. The topological polar surface area (TPSA) is 204 Å². The molecule has 4 heterocycles. The molecule has 1 unspecified atom stereocenters. The number of ether oxygens (including phenoxy) is 2. The Hall–Kier alpha value is -6.00. The van der Waals surface area contributed by atoms with Gasteiger partial charge in [-0.15, -0.1) is 0 Å². The van der Waals surface area contributed by atoms with Gasteiger partial charge < -0.3 is 20.1 Å². The highest BCUT2D eigenvalue weighted by Crippen LogP contribution is 2.21. The quantitative estimate of drug-likeness (QED) is 0.105. The minimum Gasteiger partial charge on any atom is -0.481 e. The second-order valence-electron chi connectivity index (χ2n) is 11.0. The predicted octanol–water partition coefficient (Wildman–Crippen LogP) is 2.73. The zero-order chi connectivity index (χ0) is 34.1. The van der Waals surface area contributed by atoms with E-state index in [0.717, 1.165) is 6.07 Å². The Labute approximate surface area is 268 Å². The molecular weight excluding hydrogens is 615 g/mol. The Morgan fingerprint density at radius 3 is 2.45 bits per heavy atom. The van der Waals surface area contributed by atoms with Gasteiger partial charge in [-0.05, 0) is 39.0 Å². The summed E-state index contributed by atoms with van der Waals surface area (Å²) < 4.78 is 26.3. The van der Waals surface area contributed by atoms with Crippen LogP contribution in [0.5, 0.6) is 5.88 Å². The van der Waals surface area contributed by atoms with Crippen molar-refractivity contribution in [2.45, 2.75) is 32.8 Å². The van der Waals surface area contributed by atoms with Crippen molar-refractivity contribution in [3.8, 4) is 17.1 Å². The second-order valence-corrected chi connectivity index (χ2v) is 11.0. The lowest BCUT2D eigenvalue weighted by Crippen LogP contribution is -2.48. The number of aromatic nitrogens is 6. The Morgan fingerprint density at radius 2 is 1.79 bits per heavy atom. The number of hydrazine groups is 1. The number of Topliss-reactive ketones (excluding diaryl/α,β-unsaturated/α-hetero) is 1. The van der Waals surface area contributed by atoms with Gasteiger partial charge in [-0.2, -0.15) is 9.49 Å². The number of methoxy groups -OCH3 is 1. The summed E-state index contributed by atoms with van der Waals surface area (Å²) in [5.41, 5.74) is 3.92. The van der Waals surface area contributed by atoms with Crippen molar-refractivity contribution in [1.29, 1.82) is 0 Å². The number of nitrogens with one attached hydrogen (secondary N) is 4. The molecule has 0 saturated heterocycles. The molecule has 0 bridgehead atoms. The Morgan fingerprint density at radius 1 is 1.00 bits per heavy atom. The highest BCUT2D eigenvalue weighted by molar-refractivity contribution is 5.99. The van der Waals surface area contributed by atoms with Crippen LogP contribution in [0.4, 0.5) is 21.0 Å². The zero-order valence-corrected chi connectivity index (χ0v) is 26.2. The number of ketones is 1. The van der Waals surface area contributed by atoms with Crippen LogP contribution in [0, 0.1) is 11.9 Å². The maximum Gasteiger partial charge on any atom is 0.407 e. The molecule has 0 radical (unpaired) electrons.